The van der Waals surface area contributed by atoms with Crippen molar-refractivity contribution in [1.82, 2.24) is 0 Å². The topological polar surface area (TPSA) is 80.5 Å². The molecule has 0 atom stereocenters. The Kier molecular flexibility index (Phi) is 4.71. The van der Waals surface area contributed by atoms with Gasteiger partial charge in [-0.25, -0.2) is 8.42 Å². The molecule has 0 aliphatic heterocycles. The van der Waals surface area contributed by atoms with Gasteiger partial charge in [0.05, 0.1) is 4.92 Å². The van der Waals surface area contributed by atoms with Crippen molar-refractivity contribution < 1.29 is 13.3 Å². The van der Waals surface area contributed by atoms with Crippen LogP contribution in [-0.4, -0.2) is 32.7 Å². The molecular formula is C16H24N2O4S. The molecule has 1 fully saturated rings. The molecule has 1 aliphatic carbocycles. The summed E-state index contributed by atoms with van der Waals surface area (Å²) in [4.78, 5) is 12.6. The summed E-state index contributed by atoms with van der Waals surface area (Å²) in [6, 6.07) is 4.69. The Hall–Kier alpha value is -1.63. The first-order chi connectivity index (χ1) is 10.5. The average Bonchev–Trinajstić information content (AvgIpc) is 2.44. The highest BCUT2D eigenvalue weighted by molar-refractivity contribution is 7.90. The number of nitro benzene ring substituents is 1. The van der Waals surface area contributed by atoms with Gasteiger partial charge in [0.1, 0.15) is 10.6 Å². The average molecular weight is 340 g/mol. The van der Waals surface area contributed by atoms with E-state index < -0.39 is 14.8 Å². The first-order valence-electron chi connectivity index (χ1n) is 7.73. The quantitative estimate of drug-likeness (QED) is 0.620. The molecule has 0 N–H and O–H groups in total. The summed E-state index contributed by atoms with van der Waals surface area (Å²) in [7, 11) is -1.84. The van der Waals surface area contributed by atoms with Crippen molar-refractivity contribution in [1.29, 1.82) is 0 Å². The lowest BCUT2D eigenvalue weighted by atomic mass is 9.75. The van der Waals surface area contributed by atoms with Gasteiger partial charge in [0, 0.05) is 19.3 Å². The van der Waals surface area contributed by atoms with E-state index in [0.717, 1.165) is 31.9 Å². The maximum Gasteiger partial charge on any atom is 0.311 e. The van der Waals surface area contributed by atoms with Gasteiger partial charge in [-0.2, -0.15) is 0 Å². The number of rotatable bonds is 4. The van der Waals surface area contributed by atoms with Gasteiger partial charge in [0.15, 0.2) is 9.84 Å². The minimum atomic E-state index is -3.65. The normalized spacial score (nSPS) is 18.6. The van der Waals surface area contributed by atoms with Gasteiger partial charge in [0.25, 0.3) is 0 Å². The van der Waals surface area contributed by atoms with E-state index in [4.69, 9.17) is 0 Å². The SMILES string of the molecule is CN(c1cccc(S(C)(=O)=O)c1[N+](=O)[O-])C1CCC(C)(C)CC1. The molecule has 1 saturated carbocycles. The van der Waals surface area contributed by atoms with Gasteiger partial charge in [-0.3, -0.25) is 10.1 Å². The van der Waals surface area contributed by atoms with Crippen LogP contribution in [0.25, 0.3) is 0 Å². The van der Waals surface area contributed by atoms with Crippen LogP contribution in [0.2, 0.25) is 0 Å². The first-order valence-corrected chi connectivity index (χ1v) is 9.62. The summed E-state index contributed by atoms with van der Waals surface area (Å²) in [5.41, 5.74) is 0.364. The van der Waals surface area contributed by atoms with Crippen molar-refractivity contribution >= 4 is 21.2 Å². The summed E-state index contributed by atoms with van der Waals surface area (Å²) >= 11 is 0. The molecule has 1 aromatic carbocycles. The van der Waals surface area contributed by atoms with Gasteiger partial charge in [0.2, 0.25) is 0 Å². The summed E-state index contributed by atoms with van der Waals surface area (Å²) in [6.07, 6.45) is 5.01. The maximum atomic E-state index is 11.9. The molecule has 0 radical (unpaired) electrons. The van der Waals surface area contributed by atoms with E-state index in [2.05, 4.69) is 13.8 Å². The third kappa shape index (κ3) is 3.83. The predicted octanol–water partition coefficient (Wildman–Crippen LogP) is 3.40. The summed E-state index contributed by atoms with van der Waals surface area (Å²) in [5.74, 6) is 0. The number of sulfone groups is 1. The summed E-state index contributed by atoms with van der Waals surface area (Å²) < 4.78 is 23.7. The second kappa shape index (κ2) is 6.11. The Labute approximate surface area is 137 Å². The van der Waals surface area contributed by atoms with Crippen LogP contribution in [0.15, 0.2) is 23.1 Å². The number of nitrogens with zero attached hydrogens (tertiary/aromatic N) is 2. The number of hydrogen-bond acceptors (Lipinski definition) is 5. The molecule has 0 unspecified atom stereocenters. The summed E-state index contributed by atoms with van der Waals surface area (Å²) in [6.45, 7) is 4.46. The van der Waals surface area contributed by atoms with Crippen molar-refractivity contribution in [3.05, 3.63) is 28.3 Å². The predicted molar refractivity (Wildman–Crippen MR) is 90.6 cm³/mol. The number of nitro groups is 1. The summed E-state index contributed by atoms with van der Waals surface area (Å²) in [5, 5.41) is 11.5. The lowest BCUT2D eigenvalue weighted by Gasteiger charge is -2.39. The molecule has 0 bridgehead atoms. The van der Waals surface area contributed by atoms with E-state index in [0.29, 0.717) is 11.1 Å². The van der Waals surface area contributed by atoms with Crippen molar-refractivity contribution in [2.75, 3.05) is 18.2 Å². The Morgan fingerprint density at radius 3 is 2.30 bits per heavy atom. The van der Waals surface area contributed by atoms with E-state index in [-0.39, 0.29) is 16.6 Å². The molecule has 23 heavy (non-hydrogen) atoms. The van der Waals surface area contributed by atoms with Gasteiger partial charge in [-0.1, -0.05) is 19.9 Å². The fourth-order valence-electron chi connectivity index (χ4n) is 3.25. The fourth-order valence-corrected chi connectivity index (χ4v) is 4.10. The Morgan fingerprint density at radius 2 is 1.83 bits per heavy atom. The Morgan fingerprint density at radius 1 is 1.26 bits per heavy atom. The molecule has 0 amide bonds. The zero-order valence-corrected chi connectivity index (χ0v) is 14.9. The molecule has 7 heteroatoms. The second-order valence-corrected chi connectivity index (χ2v) is 9.14. The standard InChI is InChI=1S/C16H24N2O4S/c1-16(2)10-8-12(9-11-16)17(3)13-6-5-7-14(23(4,21)22)15(13)18(19)20/h5-7,12H,8-11H2,1-4H3. The number of para-hydroxylation sites is 1. The zero-order valence-electron chi connectivity index (χ0n) is 14.1. The van der Waals surface area contributed by atoms with Crippen LogP contribution in [-0.2, 0) is 9.84 Å². The smallest absolute Gasteiger partial charge is 0.311 e. The van der Waals surface area contributed by atoms with Crippen LogP contribution in [0.1, 0.15) is 39.5 Å². The molecule has 2 rings (SSSR count). The molecular weight excluding hydrogens is 316 g/mol. The highest BCUT2D eigenvalue weighted by atomic mass is 32.2. The molecule has 6 nitrogen and oxygen atoms in total. The van der Waals surface area contributed by atoms with Crippen LogP contribution in [0.4, 0.5) is 11.4 Å². The number of hydrogen-bond donors (Lipinski definition) is 0. The van der Waals surface area contributed by atoms with Crippen LogP contribution < -0.4 is 4.90 Å². The van der Waals surface area contributed by atoms with Crippen molar-refractivity contribution in [2.45, 2.75) is 50.5 Å². The van der Waals surface area contributed by atoms with Crippen LogP contribution >= 0.6 is 0 Å². The van der Waals surface area contributed by atoms with Crippen LogP contribution in [0, 0.1) is 15.5 Å². The molecule has 128 valence electrons. The zero-order chi connectivity index (χ0) is 17.4. The second-order valence-electron chi connectivity index (χ2n) is 7.16. The number of benzene rings is 1. The number of anilines is 1. The van der Waals surface area contributed by atoms with Crippen molar-refractivity contribution in [3.8, 4) is 0 Å². The van der Waals surface area contributed by atoms with Gasteiger partial charge in [-0.05, 0) is 43.2 Å². The monoisotopic (exact) mass is 340 g/mol. The molecule has 0 spiro atoms. The third-order valence-corrected chi connectivity index (χ3v) is 5.92. The molecule has 0 aromatic heterocycles. The van der Waals surface area contributed by atoms with Crippen molar-refractivity contribution in [2.24, 2.45) is 5.41 Å². The molecule has 1 aliphatic rings. The van der Waals surface area contributed by atoms with E-state index in [9.17, 15) is 18.5 Å². The highest BCUT2D eigenvalue weighted by Crippen LogP contribution is 2.40. The Balaban J connectivity index is 2.41. The van der Waals surface area contributed by atoms with Gasteiger partial charge < -0.3 is 4.90 Å². The lowest BCUT2D eigenvalue weighted by molar-refractivity contribution is -0.387. The minimum Gasteiger partial charge on any atom is -0.366 e. The molecule has 1 aromatic rings. The van der Waals surface area contributed by atoms with Gasteiger partial charge in [-0.15, -0.1) is 0 Å². The molecule has 0 saturated heterocycles. The van der Waals surface area contributed by atoms with Crippen LogP contribution in [0.5, 0.6) is 0 Å². The largest absolute Gasteiger partial charge is 0.366 e. The van der Waals surface area contributed by atoms with E-state index in [1.54, 1.807) is 12.1 Å². The lowest BCUT2D eigenvalue weighted by Crippen LogP contribution is -2.37. The van der Waals surface area contributed by atoms with E-state index in [1.165, 1.54) is 6.07 Å². The third-order valence-electron chi connectivity index (χ3n) is 4.80. The highest BCUT2D eigenvalue weighted by Gasteiger charge is 2.33. The van der Waals surface area contributed by atoms with E-state index in [1.807, 2.05) is 11.9 Å². The van der Waals surface area contributed by atoms with Crippen molar-refractivity contribution in [3.63, 3.8) is 0 Å². The van der Waals surface area contributed by atoms with E-state index >= 15 is 0 Å². The maximum absolute atomic E-state index is 11.9. The minimum absolute atomic E-state index is 0.191. The molecule has 0 heterocycles. The first kappa shape index (κ1) is 17.7. The fraction of sp³-hybridized carbons (Fsp3) is 0.625. The van der Waals surface area contributed by atoms with Gasteiger partial charge >= 0.3 is 5.69 Å². The Bertz CT molecular complexity index is 703. The van der Waals surface area contributed by atoms with Crippen LogP contribution in [0.3, 0.4) is 0 Å².